The van der Waals surface area contributed by atoms with E-state index in [0.29, 0.717) is 12.8 Å². The molecule has 0 aromatic carbocycles. The zero-order valence-electron chi connectivity index (χ0n) is 38.9. The number of allylic oxidation sites excluding steroid dienone is 10. The van der Waals surface area contributed by atoms with Crippen molar-refractivity contribution in [2.75, 3.05) is 39.6 Å². The van der Waals surface area contributed by atoms with Crippen molar-refractivity contribution in [3.8, 4) is 0 Å². The van der Waals surface area contributed by atoms with Gasteiger partial charge in [-0.15, -0.1) is 0 Å². The Balaban J connectivity index is 3.95. The number of esters is 2. The number of hydrogen-bond acceptors (Lipinski definition) is 13. The molecule has 0 amide bonds. The molecule has 64 heavy (non-hydrogen) atoms. The number of rotatable bonds is 45. The van der Waals surface area contributed by atoms with Gasteiger partial charge >= 0.3 is 27.6 Å². The number of phosphoric acid groups is 2. The van der Waals surface area contributed by atoms with Gasteiger partial charge in [-0.05, 0) is 70.6 Å². The summed E-state index contributed by atoms with van der Waals surface area (Å²) in [6.07, 6.45) is 40.8. The van der Waals surface area contributed by atoms with Gasteiger partial charge in [0.25, 0.3) is 0 Å². The van der Waals surface area contributed by atoms with E-state index in [1.165, 1.54) is 64.2 Å². The van der Waals surface area contributed by atoms with Crippen LogP contribution in [0.2, 0.25) is 0 Å². The number of phosphoric ester groups is 2. The zero-order valence-corrected chi connectivity index (χ0v) is 40.7. The van der Waals surface area contributed by atoms with E-state index in [1.54, 1.807) is 0 Å². The molecule has 0 aromatic heterocycles. The summed E-state index contributed by atoms with van der Waals surface area (Å²) < 4.78 is 52.9. The van der Waals surface area contributed by atoms with Gasteiger partial charge < -0.3 is 34.6 Å². The van der Waals surface area contributed by atoms with Gasteiger partial charge in [0.2, 0.25) is 0 Å². The average Bonchev–Trinajstić information content (AvgIpc) is 3.27. The maximum absolute atomic E-state index is 12.2. The van der Waals surface area contributed by atoms with E-state index in [1.807, 2.05) is 12.2 Å². The molecule has 0 fully saturated rings. The minimum absolute atomic E-state index is 0.0890. The van der Waals surface area contributed by atoms with E-state index in [0.717, 1.165) is 64.2 Å². The molecule has 5 unspecified atom stereocenters. The fourth-order valence-corrected chi connectivity index (χ4v) is 7.33. The number of aliphatic hydroxyl groups is 3. The Morgan fingerprint density at radius 1 is 0.406 bits per heavy atom. The van der Waals surface area contributed by atoms with Gasteiger partial charge in [0, 0.05) is 12.8 Å². The molecule has 0 aliphatic carbocycles. The van der Waals surface area contributed by atoms with Crippen molar-refractivity contribution >= 4 is 27.6 Å². The van der Waals surface area contributed by atoms with Crippen LogP contribution in [-0.2, 0) is 46.3 Å². The monoisotopic (exact) mass is 951 g/mol. The summed E-state index contributed by atoms with van der Waals surface area (Å²) in [4.78, 5) is 43.7. The van der Waals surface area contributed by atoms with Crippen LogP contribution in [0.25, 0.3) is 0 Å². The Labute approximate surface area is 384 Å². The smallest absolute Gasteiger partial charge is 0.463 e. The van der Waals surface area contributed by atoms with E-state index in [4.69, 9.17) is 9.47 Å². The summed E-state index contributed by atoms with van der Waals surface area (Å²) in [5.41, 5.74) is 0. The number of carbonyl (C=O) groups is 2. The SMILES string of the molecule is CCCCC/C=C\C/C=C\C/C=C\CCCCCCCCC(=O)OCC(O)COP(=O)(O)OCC(O)COP(=O)(O)OCC(O)COC(=O)CC/C=C/C/C=C\CCCCCCCC. The molecule has 0 radical (unpaired) electrons. The summed E-state index contributed by atoms with van der Waals surface area (Å²) in [6.45, 7) is 0.285. The van der Waals surface area contributed by atoms with E-state index in [9.17, 15) is 43.8 Å². The van der Waals surface area contributed by atoms with Gasteiger partial charge in [0.15, 0.2) is 0 Å². The molecule has 0 aliphatic heterocycles. The van der Waals surface area contributed by atoms with Gasteiger partial charge in [-0.2, -0.15) is 0 Å². The van der Waals surface area contributed by atoms with Crippen molar-refractivity contribution in [1.82, 2.24) is 0 Å². The molecule has 0 bridgehead atoms. The minimum Gasteiger partial charge on any atom is -0.463 e. The van der Waals surface area contributed by atoms with Crippen LogP contribution in [0.5, 0.6) is 0 Å². The highest BCUT2D eigenvalue weighted by Crippen LogP contribution is 2.45. The lowest BCUT2D eigenvalue weighted by molar-refractivity contribution is -0.148. The highest BCUT2D eigenvalue weighted by Gasteiger charge is 2.28. The Bertz CT molecular complexity index is 1380. The zero-order chi connectivity index (χ0) is 47.4. The first-order chi connectivity index (χ1) is 30.8. The molecule has 17 heteroatoms. The van der Waals surface area contributed by atoms with Crippen LogP contribution in [0.3, 0.4) is 0 Å². The van der Waals surface area contributed by atoms with Crippen molar-refractivity contribution in [2.45, 2.75) is 186 Å². The molecule has 0 rings (SSSR count). The van der Waals surface area contributed by atoms with Crippen LogP contribution in [-0.4, -0.2) is 95.0 Å². The van der Waals surface area contributed by atoms with Crippen molar-refractivity contribution in [1.29, 1.82) is 0 Å². The highest BCUT2D eigenvalue weighted by molar-refractivity contribution is 7.47. The number of ether oxygens (including phenoxy) is 2. The Morgan fingerprint density at radius 3 is 1.12 bits per heavy atom. The Kier molecular flexibility index (Phi) is 41.8. The topological polar surface area (TPSA) is 225 Å². The van der Waals surface area contributed by atoms with Gasteiger partial charge in [-0.3, -0.25) is 27.7 Å². The highest BCUT2D eigenvalue weighted by atomic mass is 31.2. The first-order valence-electron chi connectivity index (χ1n) is 23.6. The Morgan fingerprint density at radius 2 is 0.703 bits per heavy atom. The second-order valence-electron chi connectivity index (χ2n) is 15.8. The van der Waals surface area contributed by atoms with Crippen molar-refractivity contribution in [3.63, 3.8) is 0 Å². The van der Waals surface area contributed by atoms with E-state index in [2.05, 4.69) is 80.6 Å². The van der Waals surface area contributed by atoms with Crippen LogP contribution < -0.4 is 0 Å². The number of hydrogen-bond donors (Lipinski definition) is 5. The van der Waals surface area contributed by atoms with E-state index < -0.39 is 85.5 Å². The summed E-state index contributed by atoms with van der Waals surface area (Å²) >= 11 is 0. The molecule has 15 nitrogen and oxygen atoms in total. The summed E-state index contributed by atoms with van der Waals surface area (Å²) in [7, 11) is -9.59. The molecular weight excluding hydrogens is 866 g/mol. The molecule has 0 saturated carbocycles. The third-order valence-corrected chi connectivity index (χ3v) is 11.4. The van der Waals surface area contributed by atoms with Gasteiger partial charge in [0.1, 0.15) is 31.5 Å². The van der Waals surface area contributed by atoms with Gasteiger partial charge in [-0.25, -0.2) is 9.13 Å². The lowest BCUT2D eigenvalue weighted by Crippen LogP contribution is -2.25. The molecule has 372 valence electrons. The predicted molar refractivity (Wildman–Crippen MR) is 251 cm³/mol. The molecule has 0 aliphatic rings. The van der Waals surface area contributed by atoms with Crippen molar-refractivity contribution < 1.29 is 71.4 Å². The molecule has 0 spiro atoms. The van der Waals surface area contributed by atoms with Crippen LogP contribution in [0.1, 0.15) is 168 Å². The first kappa shape index (κ1) is 61.7. The van der Waals surface area contributed by atoms with Crippen LogP contribution in [0.15, 0.2) is 60.8 Å². The standard InChI is InChI=1S/C47H84O15P2/c1-3-5-7-9-11-13-15-17-18-19-20-21-22-24-26-28-30-32-34-36-47(52)58-38-44(49)40-60-64(55,56)62-42-45(50)41-61-63(53,54)59-39-43(48)37-57-46(51)35-33-31-29-27-25-23-16-14-12-10-8-6-4-2/h11,13,17-18,20-21,23,25,29,31,43-45,48-50H,3-10,12,14-16,19,22,24,26-28,30,32-42H2,1-2H3,(H,53,54)(H,55,56)/b13-11-,18-17-,21-20-,25-23-,31-29+. The quantitative estimate of drug-likeness (QED) is 0.0166. The van der Waals surface area contributed by atoms with Crippen LogP contribution >= 0.6 is 15.6 Å². The number of unbranched alkanes of at least 4 members (excludes halogenated alkanes) is 15. The van der Waals surface area contributed by atoms with Crippen LogP contribution in [0.4, 0.5) is 0 Å². The van der Waals surface area contributed by atoms with E-state index in [-0.39, 0.29) is 12.8 Å². The number of carbonyl (C=O) groups excluding carboxylic acids is 2. The van der Waals surface area contributed by atoms with Crippen molar-refractivity contribution in [3.05, 3.63) is 60.8 Å². The molecular formula is C47H84O15P2. The molecule has 0 aromatic rings. The largest absolute Gasteiger partial charge is 0.472 e. The minimum atomic E-state index is -4.80. The van der Waals surface area contributed by atoms with Gasteiger partial charge in [-0.1, -0.05) is 145 Å². The first-order valence-corrected chi connectivity index (χ1v) is 26.6. The summed E-state index contributed by atoms with van der Waals surface area (Å²) in [5.74, 6) is -1.08. The van der Waals surface area contributed by atoms with Crippen molar-refractivity contribution in [2.24, 2.45) is 0 Å². The third-order valence-electron chi connectivity index (χ3n) is 9.46. The predicted octanol–water partition coefficient (Wildman–Crippen LogP) is 10.6. The molecule has 0 saturated heterocycles. The summed E-state index contributed by atoms with van der Waals surface area (Å²) in [5, 5.41) is 30.0. The number of aliphatic hydroxyl groups excluding tert-OH is 3. The fourth-order valence-electron chi connectivity index (χ4n) is 5.74. The van der Waals surface area contributed by atoms with E-state index >= 15 is 0 Å². The second kappa shape index (κ2) is 43.3. The van der Waals surface area contributed by atoms with Gasteiger partial charge in [0.05, 0.1) is 26.4 Å². The maximum atomic E-state index is 12.2. The fraction of sp³-hybridized carbons (Fsp3) is 0.745. The molecule has 0 heterocycles. The average molecular weight is 951 g/mol. The second-order valence-corrected chi connectivity index (χ2v) is 18.7. The lowest BCUT2D eigenvalue weighted by Gasteiger charge is -2.19. The third kappa shape index (κ3) is 44.9. The molecule has 5 atom stereocenters. The Hall–Kier alpha value is -2.26. The summed E-state index contributed by atoms with van der Waals surface area (Å²) in [6, 6.07) is 0. The normalized spacial score (nSPS) is 15.7. The van der Waals surface area contributed by atoms with Crippen LogP contribution in [0, 0.1) is 0 Å². The maximum Gasteiger partial charge on any atom is 0.472 e. The lowest BCUT2D eigenvalue weighted by atomic mass is 10.1. The molecule has 5 N–H and O–H groups in total.